The summed E-state index contributed by atoms with van der Waals surface area (Å²) in [6.45, 7) is 3.97. The summed E-state index contributed by atoms with van der Waals surface area (Å²) in [5.74, 6) is -0.882. The number of hydrogen-bond acceptors (Lipinski definition) is 8. The number of nitrogens with zero attached hydrogens (tertiary/aromatic N) is 1. The number of hydrogen-bond donors (Lipinski definition) is 0. The molecule has 82 heavy (non-hydrogen) atoms. The van der Waals surface area contributed by atoms with Crippen LogP contribution in [0.4, 0.5) is 0 Å². The van der Waals surface area contributed by atoms with Crippen molar-refractivity contribution in [1.29, 1.82) is 0 Å². The second-order valence-corrected chi connectivity index (χ2v) is 24.5. The smallest absolute Gasteiger partial charge is 0.306 e. The van der Waals surface area contributed by atoms with Crippen molar-refractivity contribution in [1.82, 2.24) is 0 Å². The summed E-state index contributed by atoms with van der Waals surface area (Å²) < 4.78 is 34.2. The quantitative estimate of drug-likeness (QED) is 0.0195. The number of ether oxygens (including phenoxy) is 2. The van der Waals surface area contributed by atoms with Gasteiger partial charge in [-0.2, -0.15) is 0 Å². The van der Waals surface area contributed by atoms with Gasteiger partial charge in [0.05, 0.1) is 27.7 Å². The molecule has 10 heteroatoms. The minimum Gasteiger partial charge on any atom is -0.756 e. The minimum atomic E-state index is -4.66. The van der Waals surface area contributed by atoms with E-state index in [1.807, 2.05) is 21.1 Å². The van der Waals surface area contributed by atoms with Crippen molar-refractivity contribution in [2.45, 2.75) is 277 Å². The van der Waals surface area contributed by atoms with Gasteiger partial charge in [0.15, 0.2) is 6.10 Å². The van der Waals surface area contributed by atoms with Gasteiger partial charge in [0, 0.05) is 12.8 Å². The molecule has 0 rings (SSSR count). The van der Waals surface area contributed by atoms with E-state index >= 15 is 0 Å². The maximum absolute atomic E-state index is 12.8. The van der Waals surface area contributed by atoms with Gasteiger partial charge in [-0.25, -0.2) is 0 Å². The fourth-order valence-electron chi connectivity index (χ4n) is 8.95. The van der Waals surface area contributed by atoms with Crippen molar-refractivity contribution in [2.75, 3.05) is 47.5 Å². The first-order valence-corrected chi connectivity index (χ1v) is 34.7. The van der Waals surface area contributed by atoms with Crippen LogP contribution in [0.25, 0.3) is 0 Å². The van der Waals surface area contributed by atoms with Gasteiger partial charge in [0.2, 0.25) is 0 Å². The van der Waals surface area contributed by atoms with Crippen LogP contribution in [0.1, 0.15) is 271 Å². The highest BCUT2D eigenvalue weighted by Gasteiger charge is 2.22. The third-order valence-electron chi connectivity index (χ3n) is 14.0. The van der Waals surface area contributed by atoms with E-state index in [0.29, 0.717) is 17.4 Å². The zero-order valence-corrected chi connectivity index (χ0v) is 54.3. The zero-order valence-electron chi connectivity index (χ0n) is 53.4. The first-order chi connectivity index (χ1) is 40.0. The molecule has 0 amide bonds. The Kier molecular flexibility index (Phi) is 59.2. The molecule has 0 fully saturated rings. The number of phosphoric acid groups is 1. The molecule has 2 atom stereocenters. The van der Waals surface area contributed by atoms with E-state index < -0.39 is 32.5 Å². The normalized spacial score (nSPS) is 14.0. The van der Waals surface area contributed by atoms with Crippen molar-refractivity contribution < 1.29 is 42.1 Å². The second kappa shape index (κ2) is 62.0. The van der Waals surface area contributed by atoms with Crippen molar-refractivity contribution in [3.05, 3.63) is 122 Å². The van der Waals surface area contributed by atoms with Gasteiger partial charge >= 0.3 is 11.9 Å². The lowest BCUT2D eigenvalue weighted by Crippen LogP contribution is -2.37. The summed E-state index contributed by atoms with van der Waals surface area (Å²) >= 11 is 0. The fourth-order valence-corrected chi connectivity index (χ4v) is 9.68. The molecule has 0 heterocycles. The summed E-state index contributed by atoms with van der Waals surface area (Å²) in [6.07, 6.45) is 88.6. The molecule has 0 N–H and O–H groups in total. The number of allylic oxidation sites excluding steroid dienone is 20. The highest BCUT2D eigenvalue weighted by atomic mass is 31.2. The molecule has 0 spiro atoms. The molecule has 0 aliphatic carbocycles. The average molecular weight is 1160 g/mol. The van der Waals surface area contributed by atoms with E-state index in [0.717, 1.165) is 96.3 Å². The Bertz CT molecular complexity index is 1800. The van der Waals surface area contributed by atoms with Crippen molar-refractivity contribution in [3.8, 4) is 0 Å². The van der Waals surface area contributed by atoms with Crippen LogP contribution in [0.2, 0.25) is 0 Å². The van der Waals surface area contributed by atoms with Crippen LogP contribution in [-0.2, 0) is 32.7 Å². The van der Waals surface area contributed by atoms with E-state index in [1.165, 1.54) is 141 Å². The Labute approximate surface area is 505 Å². The van der Waals surface area contributed by atoms with E-state index in [4.69, 9.17) is 18.5 Å². The van der Waals surface area contributed by atoms with Crippen LogP contribution in [0.5, 0.6) is 0 Å². The van der Waals surface area contributed by atoms with E-state index in [-0.39, 0.29) is 26.1 Å². The van der Waals surface area contributed by atoms with E-state index in [9.17, 15) is 19.0 Å². The summed E-state index contributed by atoms with van der Waals surface area (Å²) in [5.41, 5.74) is 0. The summed E-state index contributed by atoms with van der Waals surface area (Å²) in [5, 5.41) is 0. The lowest BCUT2D eigenvalue weighted by atomic mass is 10.0. The van der Waals surface area contributed by atoms with Crippen LogP contribution in [0.15, 0.2) is 122 Å². The predicted octanol–water partition coefficient (Wildman–Crippen LogP) is 20.9. The molecule has 0 aliphatic rings. The molecule has 0 saturated carbocycles. The first kappa shape index (κ1) is 78.4. The monoisotopic (exact) mass is 1160 g/mol. The molecular weight excluding hydrogens is 1040 g/mol. The fraction of sp³-hybridized carbons (Fsp3) is 0.694. The standard InChI is InChI=1S/C72H124NO8P/c1-6-8-10-12-14-16-18-20-22-24-26-28-29-30-31-32-33-34-35-36-37-38-39-40-41-42-43-45-46-48-50-52-54-56-58-60-62-64-71(74)78-68-70(69-80-82(76,77)79-67-66-73(3,4)5)81-72(75)65-63-61-59-57-55-53-51-49-47-44-27-25-23-21-19-17-15-13-11-9-7-2/h8-11,14-17,20-23,26-28,44,49,51,55,57,70H,6-7,12-13,18-19,24-25,29-43,45-48,50,52-54,56,58-69H2,1-5H3/b10-8-,11-9-,16-14-,17-15-,22-20-,23-21-,28-26-,44-27-,51-49-,57-55-. The second-order valence-electron chi connectivity index (χ2n) is 23.1. The summed E-state index contributed by atoms with van der Waals surface area (Å²) in [6, 6.07) is 0. The van der Waals surface area contributed by atoms with Gasteiger partial charge in [-0.3, -0.25) is 14.2 Å². The number of quaternary nitrogens is 1. The number of esters is 2. The average Bonchev–Trinajstić information content (AvgIpc) is 3.46. The molecule has 0 aromatic rings. The van der Waals surface area contributed by atoms with E-state index in [2.05, 4.69) is 135 Å². The lowest BCUT2D eigenvalue weighted by molar-refractivity contribution is -0.870. The van der Waals surface area contributed by atoms with Gasteiger partial charge in [0.25, 0.3) is 7.82 Å². The van der Waals surface area contributed by atoms with Gasteiger partial charge in [-0.05, 0) is 103 Å². The zero-order chi connectivity index (χ0) is 59.8. The predicted molar refractivity (Wildman–Crippen MR) is 351 cm³/mol. The third-order valence-corrected chi connectivity index (χ3v) is 14.9. The van der Waals surface area contributed by atoms with Gasteiger partial charge < -0.3 is 27.9 Å². The number of carbonyl (C=O) groups excluding carboxylic acids is 2. The third kappa shape index (κ3) is 65.6. The molecule has 0 aromatic heterocycles. The number of rotatable bonds is 60. The first-order valence-electron chi connectivity index (χ1n) is 33.2. The Morgan fingerprint density at radius 2 is 0.659 bits per heavy atom. The molecule has 0 bridgehead atoms. The Balaban J connectivity index is 4.03. The number of unbranched alkanes of at least 4 members (excludes halogenated alkanes) is 26. The number of phosphoric ester groups is 1. The maximum Gasteiger partial charge on any atom is 0.306 e. The molecule has 0 saturated heterocycles. The molecule has 470 valence electrons. The van der Waals surface area contributed by atoms with Crippen LogP contribution in [0, 0.1) is 0 Å². The highest BCUT2D eigenvalue weighted by molar-refractivity contribution is 7.45. The Morgan fingerprint density at radius 1 is 0.378 bits per heavy atom. The minimum absolute atomic E-state index is 0.0438. The van der Waals surface area contributed by atoms with Crippen molar-refractivity contribution in [3.63, 3.8) is 0 Å². The maximum atomic E-state index is 12.8. The SMILES string of the molecule is CC/C=C\C/C=C\C/C=C\C/C=C\C/C=C\C/C=C\CCCCC(=O)OC(COC(=O)CCCCCCCCCCCCCCCCCCCCCCCCCC/C=C\C/C=C\C/C=C\C/C=C\CC)COP(=O)([O-])OCC[N+](C)(C)C. The number of carbonyl (C=O) groups is 2. The lowest BCUT2D eigenvalue weighted by Gasteiger charge is -2.28. The summed E-state index contributed by atoms with van der Waals surface area (Å²) in [4.78, 5) is 38.0. The molecule has 0 radical (unpaired) electrons. The van der Waals surface area contributed by atoms with E-state index in [1.54, 1.807) is 0 Å². The molecular formula is C72H124NO8P. The van der Waals surface area contributed by atoms with Gasteiger partial charge in [-0.1, -0.05) is 277 Å². The molecule has 2 unspecified atom stereocenters. The van der Waals surface area contributed by atoms with Crippen LogP contribution >= 0.6 is 7.82 Å². The molecule has 9 nitrogen and oxygen atoms in total. The van der Waals surface area contributed by atoms with Crippen molar-refractivity contribution >= 4 is 19.8 Å². The topological polar surface area (TPSA) is 111 Å². The highest BCUT2D eigenvalue weighted by Crippen LogP contribution is 2.38. The van der Waals surface area contributed by atoms with Crippen LogP contribution in [-0.4, -0.2) is 70.0 Å². The molecule has 0 aromatic carbocycles. The van der Waals surface area contributed by atoms with Crippen LogP contribution < -0.4 is 4.89 Å². The number of likely N-dealkylation sites (N-methyl/N-ethyl adjacent to an activating group) is 1. The summed E-state index contributed by atoms with van der Waals surface area (Å²) in [7, 11) is 1.13. The largest absolute Gasteiger partial charge is 0.756 e. The van der Waals surface area contributed by atoms with Gasteiger partial charge in [0.1, 0.15) is 19.8 Å². The van der Waals surface area contributed by atoms with Gasteiger partial charge in [-0.15, -0.1) is 0 Å². The van der Waals surface area contributed by atoms with Crippen molar-refractivity contribution in [2.24, 2.45) is 0 Å². The Morgan fingerprint density at radius 3 is 1.00 bits per heavy atom. The molecule has 0 aliphatic heterocycles. The van der Waals surface area contributed by atoms with Crippen LogP contribution in [0.3, 0.4) is 0 Å². The Hall–Kier alpha value is -3.59.